The molecule has 1 aromatic carbocycles. The van der Waals surface area contributed by atoms with Crippen LogP contribution in [-0.2, 0) is 11.2 Å². The van der Waals surface area contributed by atoms with Crippen LogP contribution in [0.4, 0.5) is 0 Å². The van der Waals surface area contributed by atoms with Crippen LogP contribution in [0.1, 0.15) is 49.5 Å². The van der Waals surface area contributed by atoms with Crippen molar-refractivity contribution in [3.63, 3.8) is 0 Å². The van der Waals surface area contributed by atoms with Crippen molar-refractivity contribution in [2.24, 2.45) is 4.99 Å². The highest BCUT2D eigenvalue weighted by atomic mass is 16.5. The molecule has 2 N–H and O–H groups in total. The smallest absolute Gasteiger partial charge is 0.253 e. The average Bonchev–Trinajstić information content (AvgIpc) is 2.74. The number of nitrogens with one attached hydrogen (secondary N) is 2. The molecule has 7 heteroatoms. The summed E-state index contributed by atoms with van der Waals surface area (Å²) in [5.41, 5.74) is 1.85. The van der Waals surface area contributed by atoms with Gasteiger partial charge in [-0.1, -0.05) is 12.1 Å². The normalized spacial score (nSPS) is 15.9. The first-order valence-electron chi connectivity index (χ1n) is 11.6. The molecular formula is C24H41N5O2. The Bertz CT molecular complexity index is 697. The van der Waals surface area contributed by atoms with Crippen LogP contribution in [0.15, 0.2) is 29.3 Å². The van der Waals surface area contributed by atoms with Crippen LogP contribution in [0.25, 0.3) is 0 Å². The molecule has 0 unspecified atom stereocenters. The molecule has 0 aromatic heterocycles. The molecule has 0 bridgehead atoms. The zero-order valence-electron chi connectivity index (χ0n) is 20.0. The Morgan fingerprint density at radius 1 is 1.29 bits per heavy atom. The maximum Gasteiger partial charge on any atom is 0.253 e. The van der Waals surface area contributed by atoms with Gasteiger partial charge in [-0.3, -0.25) is 9.79 Å². The van der Waals surface area contributed by atoms with Crippen LogP contribution in [0.2, 0.25) is 0 Å². The zero-order valence-corrected chi connectivity index (χ0v) is 20.0. The van der Waals surface area contributed by atoms with E-state index >= 15 is 0 Å². The lowest BCUT2D eigenvalue weighted by Crippen LogP contribution is -2.49. The summed E-state index contributed by atoms with van der Waals surface area (Å²) in [6.45, 7) is 11.8. The minimum Gasteiger partial charge on any atom is -0.377 e. The zero-order chi connectivity index (χ0) is 22.6. The number of piperidine rings is 1. The van der Waals surface area contributed by atoms with Gasteiger partial charge in [-0.25, -0.2) is 0 Å². The highest BCUT2D eigenvalue weighted by Gasteiger charge is 2.19. The summed E-state index contributed by atoms with van der Waals surface area (Å²) in [5.74, 6) is 0.909. The van der Waals surface area contributed by atoms with Gasteiger partial charge in [0, 0.05) is 58.4 Å². The van der Waals surface area contributed by atoms with E-state index in [1.54, 1.807) is 19.0 Å². The first-order chi connectivity index (χ1) is 14.9. The summed E-state index contributed by atoms with van der Waals surface area (Å²) < 4.78 is 5.67. The molecule has 31 heavy (non-hydrogen) atoms. The Balaban J connectivity index is 1.81. The number of guanidine groups is 1. The van der Waals surface area contributed by atoms with E-state index < -0.39 is 0 Å². The number of carbonyl (C=O) groups excluding carboxylic acids is 1. The summed E-state index contributed by atoms with van der Waals surface area (Å²) in [6.07, 6.45) is 3.33. The Hall–Kier alpha value is -2.12. The monoisotopic (exact) mass is 431 g/mol. The highest BCUT2D eigenvalue weighted by molar-refractivity contribution is 5.94. The van der Waals surface area contributed by atoms with E-state index in [1.807, 2.05) is 18.2 Å². The molecule has 0 saturated carbocycles. The number of carbonyl (C=O) groups is 1. The number of aliphatic imine (C=N–C) groups is 1. The average molecular weight is 432 g/mol. The SMILES string of the molecule is CCNC(=NCCc1cccc(C(=O)N(C)C)c1)NC1CCN(CCOC(C)C)CC1. The summed E-state index contributed by atoms with van der Waals surface area (Å²) in [5, 5.41) is 6.97. The Labute approximate surface area is 188 Å². The third-order valence-electron chi connectivity index (χ3n) is 5.38. The van der Waals surface area contributed by atoms with Crippen molar-refractivity contribution in [1.82, 2.24) is 20.4 Å². The van der Waals surface area contributed by atoms with E-state index in [0.717, 1.165) is 69.1 Å². The molecule has 0 aliphatic carbocycles. The predicted octanol–water partition coefficient (Wildman–Crippen LogP) is 2.38. The van der Waals surface area contributed by atoms with Crippen molar-refractivity contribution in [1.29, 1.82) is 0 Å². The van der Waals surface area contributed by atoms with E-state index in [-0.39, 0.29) is 5.91 Å². The number of hydrogen-bond donors (Lipinski definition) is 2. The first-order valence-corrected chi connectivity index (χ1v) is 11.6. The van der Waals surface area contributed by atoms with Crippen molar-refractivity contribution >= 4 is 11.9 Å². The Morgan fingerprint density at radius 2 is 2.03 bits per heavy atom. The fourth-order valence-electron chi connectivity index (χ4n) is 3.65. The topological polar surface area (TPSA) is 69.2 Å². The molecule has 1 heterocycles. The molecule has 1 saturated heterocycles. The van der Waals surface area contributed by atoms with Gasteiger partial charge in [0.15, 0.2) is 5.96 Å². The molecular weight excluding hydrogens is 390 g/mol. The van der Waals surface area contributed by atoms with Crippen molar-refractivity contribution < 1.29 is 9.53 Å². The maximum absolute atomic E-state index is 12.2. The predicted molar refractivity (Wildman–Crippen MR) is 128 cm³/mol. The molecule has 7 nitrogen and oxygen atoms in total. The molecule has 0 radical (unpaired) electrons. The molecule has 0 atom stereocenters. The minimum atomic E-state index is 0.0301. The van der Waals surface area contributed by atoms with Crippen LogP contribution in [0, 0.1) is 0 Å². The van der Waals surface area contributed by atoms with Gasteiger partial charge >= 0.3 is 0 Å². The molecule has 1 amide bonds. The summed E-state index contributed by atoms with van der Waals surface area (Å²) in [4.78, 5) is 21.0. The van der Waals surface area contributed by atoms with E-state index in [4.69, 9.17) is 9.73 Å². The second-order valence-electron chi connectivity index (χ2n) is 8.59. The van der Waals surface area contributed by atoms with Crippen molar-refractivity contribution in [3.8, 4) is 0 Å². The van der Waals surface area contributed by atoms with Gasteiger partial charge in [0.2, 0.25) is 0 Å². The maximum atomic E-state index is 12.2. The van der Waals surface area contributed by atoms with Gasteiger partial charge in [-0.05, 0) is 57.7 Å². The lowest BCUT2D eigenvalue weighted by atomic mass is 10.1. The van der Waals surface area contributed by atoms with Crippen molar-refractivity contribution in [2.75, 3.05) is 53.4 Å². The van der Waals surface area contributed by atoms with Gasteiger partial charge in [0.25, 0.3) is 5.91 Å². The molecule has 1 aromatic rings. The number of benzene rings is 1. The van der Waals surface area contributed by atoms with E-state index in [1.165, 1.54) is 0 Å². The Kier molecular flexibility index (Phi) is 10.8. The second-order valence-corrected chi connectivity index (χ2v) is 8.59. The van der Waals surface area contributed by atoms with Crippen LogP contribution in [0.5, 0.6) is 0 Å². The Morgan fingerprint density at radius 3 is 2.68 bits per heavy atom. The van der Waals surface area contributed by atoms with Gasteiger partial charge in [-0.15, -0.1) is 0 Å². The van der Waals surface area contributed by atoms with Crippen LogP contribution >= 0.6 is 0 Å². The minimum absolute atomic E-state index is 0.0301. The summed E-state index contributed by atoms with van der Waals surface area (Å²) in [6, 6.07) is 8.28. The fourth-order valence-corrected chi connectivity index (χ4v) is 3.65. The van der Waals surface area contributed by atoms with E-state index in [0.29, 0.717) is 18.7 Å². The molecule has 174 valence electrons. The lowest BCUT2D eigenvalue weighted by molar-refractivity contribution is 0.0532. The lowest BCUT2D eigenvalue weighted by Gasteiger charge is -2.33. The molecule has 0 spiro atoms. The van der Waals surface area contributed by atoms with Gasteiger partial charge in [0.1, 0.15) is 0 Å². The number of amides is 1. The van der Waals surface area contributed by atoms with Gasteiger partial charge < -0.3 is 25.2 Å². The third kappa shape index (κ3) is 9.27. The third-order valence-corrected chi connectivity index (χ3v) is 5.38. The van der Waals surface area contributed by atoms with E-state index in [9.17, 15) is 4.79 Å². The largest absolute Gasteiger partial charge is 0.377 e. The number of rotatable bonds is 10. The standard InChI is InChI=1S/C24H41N5O2/c1-6-25-24(27-22-11-14-29(15-12-22)16-17-31-19(2)3)26-13-10-20-8-7-9-21(18-20)23(30)28(4)5/h7-9,18-19,22H,6,10-17H2,1-5H3,(H2,25,26,27). The summed E-state index contributed by atoms with van der Waals surface area (Å²) >= 11 is 0. The van der Waals surface area contributed by atoms with Crippen LogP contribution in [0.3, 0.4) is 0 Å². The second kappa shape index (κ2) is 13.3. The molecule has 1 fully saturated rings. The number of likely N-dealkylation sites (tertiary alicyclic amines) is 1. The first kappa shape index (κ1) is 25.1. The number of ether oxygens (including phenoxy) is 1. The van der Waals surface area contributed by atoms with E-state index in [2.05, 4.69) is 42.4 Å². The summed E-state index contributed by atoms with van der Waals surface area (Å²) in [7, 11) is 3.55. The molecule has 2 rings (SSSR count). The molecule has 1 aliphatic heterocycles. The fraction of sp³-hybridized carbons (Fsp3) is 0.667. The number of hydrogen-bond acceptors (Lipinski definition) is 4. The van der Waals surface area contributed by atoms with Crippen molar-refractivity contribution in [2.45, 2.75) is 52.2 Å². The van der Waals surface area contributed by atoms with Crippen LogP contribution in [-0.4, -0.2) is 87.2 Å². The van der Waals surface area contributed by atoms with Gasteiger partial charge in [0.05, 0.1) is 12.7 Å². The van der Waals surface area contributed by atoms with Crippen molar-refractivity contribution in [3.05, 3.63) is 35.4 Å². The van der Waals surface area contributed by atoms with Crippen LogP contribution < -0.4 is 10.6 Å². The van der Waals surface area contributed by atoms with Gasteiger partial charge in [-0.2, -0.15) is 0 Å². The molecule has 1 aliphatic rings. The number of nitrogens with zero attached hydrogens (tertiary/aromatic N) is 3. The quantitative estimate of drug-likeness (QED) is 0.440. The highest BCUT2D eigenvalue weighted by Crippen LogP contribution is 2.11.